The Hall–Kier alpha value is -0.730. The summed E-state index contributed by atoms with van der Waals surface area (Å²) in [6, 6.07) is 6.46. The van der Waals surface area contributed by atoms with Crippen LogP contribution in [0.5, 0.6) is 0 Å². The fourth-order valence-corrected chi connectivity index (χ4v) is 2.83. The third-order valence-electron chi connectivity index (χ3n) is 3.48. The van der Waals surface area contributed by atoms with Gasteiger partial charge in [0.2, 0.25) is 0 Å². The van der Waals surface area contributed by atoms with Gasteiger partial charge in [0.15, 0.2) is 0 Å². The van der Waals surface area contributed by atoms with Gasteiger partial charge in [-0.1, -0.05) is 17.7 Å². The van der Waals surface area contributed by atoms with Crippen LogP contribution in [0.25, 0.3) is 0 Å². The Labute approximate surface area is 109 Å². The van der Waals surface area contributed by atoms with E-state index in [2.05, 4.69) is 28.4 Å². The Kier molecular flexibility index (Phi) is 4.30. The summed E-state index contributed by atoms with van der Waals surface area (Å²) in [5, 5.41) is 4.27. The molecule has 17 heavy (non-hydrogen) atoms. The molecule has 94 valence electrons. The van der Waals surface area contributed by atoms with Crippen molar-refractivity contribution in [3.8, 4) is 0 Å². The fourth-order valence-electron chi connectivity index (χ4n) is 2.46. The van der Waals surface area contributed by atoms with Gasteiger partial charge >= 0.3 is 0 Å². The molecule has 0 aromatic heterocycles. The van der Waals surface area contributed by atoms with E-state index in [0.29, 0.717) is 0 Å². The molecule has 1 aliphatic rings. The zero-order valence-electron chi connectivity index (χ0n) is 10.7. The molecule has 1 aromatic rings. The highest BCUT2D eigenvalue weighted by Gasteiger charge is 2.14. The van der Waals surface area contributed by atoms with E-state index in [4.69, 9.17) is 11.6 Å². The summed E-state index contributed by atoms with van der Waals surface area (Å²) in [5.41, 5.74) is 2.47. The SMILES string of the molecule is CN(C)c1ccc(CC2CCNCC2)cc1Cl. The zero-order valence-corrected chi connectivity index (χ0v) is 11.4. The highest BCUT2D eigenvalue weighted by atomic mass is 35.5. The van der Waals surface area contributed by atoms with E-state index >= 15 is 0 Å². The van der Waals surface area contributed by atoms with Crippen LogP contribution >= 0.6 is 11.6 Å². The van der Waals surface area contributed by atoms with Crippen LogP contribution in [0, 0.1) is 5.92 Å². The molecule has 0 radical (unpaired) electrons. The molecule has 1 aliphatic heterocycles. The quantitative estimate of drug-likeness (QED) is 0.890. The van der Waals surface area contributed by atoms with Gasteiger partial charge in [-0.2, -0.15) is 0 Å². The van der Waals surface area contributed by atoms with E-state index in [9.17, 15) is 0 Å². The first kappa shape index (κ1) is 12.7. The van der Waals surface area contributed by atoms with Crippen LogP contribution in [0.15, 0.2) is 18.2 Å². The lowest BCUT2D eigenvalue weighted by atomic mass is 9.91. The Morgan fingerprint density at radius 3 is 2.59 bits per heavy atom. The van der Waals surface area contributed by atoms with Crippen LogP contribution in [0.1, 0.15) is 18.4 Å². The van der Waals surface area contributed by atoms with E-state index in [1.165, 1.54) is 18.4 Å². The Morgan fingerprint density at radius 2 is 2.00 bits per heavy atom. The van der Waals surface area contributed by atoms with Crippen molar-refractivity contribution in [2.45, 2.75) is 19.3 Å². The Balaban J connectivity index is 2.04. The topological polar surface area (TPSA) is 15.3 Å². The maximum atomic E-state index is 6.29. The summed E-state index contributed by atoms with van der Waals surface area (Å²) in [6.07, 6.45) is 3.73. The predicted octanol–water partition coefficient (Wildman–Crippen LogP) is 2.95. The summed E-state index contributed by atoms with van der Waals surface area (Å²) >= 11 is 6.29. The molecule has 1 aromatic carbocycles. The van der Waals surface area contributed by atoms with Crippen molar-refractivity contribution < 1.29 is 0 Å². The van der Waals surface area contributed by atoms with Crippen LogP contribution in [0.2, 0.25) is 5.02 Å². The molecule has 0 atom stereocenters. The average Bonchev–Trinajstić information content (AvgIpc) is 2.30. The summed E-state index contributed by atoms with van der Waals surface area (Å²) in [4.78, 5) is 2.05. The van der Waals surface area contributed by atoms with Crippen molar-refractivity contribution in [3.63, 3.8) is 0 Å². The number of anilines is 1. The molecule has 0 amide bonds. The molecule has 1 N–H and O–H groups in total. The summed E-state index contributed by atoms with van der Waals surface area (Å²) in [6.45, 7) is 2.32. The van der Waals surface area contributed by atoms with Crippen LogP contribution in [-0.2, 0) is 6.42 Å². The number of nitrogens with one attached hydrogen (secondary N) is 1. The number of halogens is 1. The van der Waals surface area contributed by atoms with Gasteiger partial charge in [-0.05, 0) is 56.0 Å². The average molecular weight is 253 g/mol. The maximum absolute atomic E-state index is 6.29. The van der Waals surface area contributed by atoms with Gasteiger partial charge in [0.05, 0.1) is 10.7 Å². The zero-order chi connectivity index (χ0) is 12.3. The monoisotopic (exact) mass is 252 g/mol. The minimum absolute atomic E-state index is 0.817. The highest BCUT2D eigenvalue weighted by molar-refractivity contribution is 6.33. The maximum Gasteiger partial charge on any atom is 0.0642 e. The smallest absolute Gasteiger partial charge is 0.0642 e. The van der Waals surface area contributed by atoms with Gasteiger partial charge in [0.25, 0.3) is 0 Å². The lowest BCUT2D eigenvalue weighted by Gasteiger charge is -2.23. The number of rotatable bonds is 3. The number of hydrogen-bond donors (Lipinski definition) is 1. The molecule has 0 unspecified atom stereocenters. The number of benzene rings is 1. The van der Waals surface area contributed by atoms with Gasteiger partial charge < -0.3 is 10.2 Å². The fraction of sp³-hybridized carbons (Fsp3) is 0.571. The molecular formula is C14H21ClN2. The predicted molar refractivity (Wildman–Crippen MR) is 75.1 cm³/mol. The first-order chi connectivity index (χ1) is 8.16. The number of hydrogen-bond acceptors (Lipinski definition) is 2. The van der Waals surface area contributed by atoms with Gasteiger partial charge in [-0.15, -0.1) is 0 Å². The number of piperidine rings is 1. The largest absolute Gasteiger partial charge is 0.376 e. The molecule has 0 bridgehead atoms. The number of nitrogens with zero attached hydrogens (tertiary/aromatic N) is 1. The van der Waals surface area contributed by atoms with Crippen LogP contribution in [0.4, 0.5) is 5.69 Å². The normalized spacial score (nSPS) is 17.1. The van der Waals surface area contributed by atoms with E-state index in [1.807, 2.05) is 14.1 Å². The van der Waals surface area contributed by atoms with Gasteiger partial charge in [0, 0.05) is 14.1 Å². The lowest BCUT2D eigenvalue weighted by molar-refractivity contribution is 0.372. The Morgan fingerprint density at radius 1 is 1.29 bits per heavy atom. The van der Waals surface area contributed by atoms with Crippen molar-refractivity contribution in [3.05, 3.63) is 28.8 Å². The summed E-state index contributed by atoms with van der Waals surface area (Å²) in [5.74, 6) is 0.817. The van der Waals surface area contributed by atoms with E-state index < -0.39 is 0 Å². The molecule has 1 saturated heterocycles. The van der Waals surface area contributed by atoms with E-state index in [0.717, 1.165) is 36.1 Å². The molecule has 3 heteroatoms. The van der Waals surface area contributed by atoms with Gasteiger partial charge in [-0.25, -0.2) is 0 Å². The van der Waals surface area contributed by atoms with Crippen molar-refractivity contribution in [1.82, 2.24) is 5.32 Å². The van der Waals surface area contributed by atoms with Gasteiger partial charge in [-0.3, -0.25) is 0 Å². The van der Waals surface area contributed by atoms with Crippen LogP contribution in [0.3, 0.4) is 0 Å². The molecular weight excluding hydrogens is 232 g/mol. The van der Waals surface area contributed by atoms with Crippen LogP contribution < -0.4 is 10.2 Å². The van der Waals surface area contributed by atoms with Gasteiger partial charge in [0.1, 0.15) is 0 Å². The molecule has 0 aliphatic carbocycles. The molecule has 0 spiro atoms. The van der Waals surface area contributed by atoms with E-state index in [-0.39, 0.29) is 0 Å². The van der Waals surface area contributed by atoms with Crippen molar-refractivity contribution >= 4 is 17.3 Å². The van der Waals surface area contributed by atoms with Crippen molar-refractivity contribution in [2.75, 3.05) is 32.1 Å². The second-order valence-corrected chi connectivity index (χ2v) is 5.48. The standard InChI is InChI=1S/C14H21ClN2/c1-17(2)14-4-3-12(10-13(14)15)9-11-5-7-16-8-6-11/h3-4,10-11,16H,5-9H2,1-2H3. The second-order valence-electron chi connectivity index (χ2n) is 5.08. The lowest BCUT2D eigenvalue weighted by Crippen LogP contribution is -2.28. The Bertz CT molecular complexity index is 370. The molecule has 2 rings (SSSR count). The first-order valence-electron chi connectivity index (χ1n) is 6.33. The summed E-state index contributed by atoms with van der Waals surface area (Å²) in [7, 11) is 4.04. The molecule has 1 heterocycles. The molecule has 2 nitrogen and oxygen atoms in total. The summed E-state index contributed by atoms with van der Waals surface area (Å²) < 4.78 is 0. The second kappa shape index (κ2) is 5.74. The van der Waals surface area contributed by atoms with E-state index in [1.54, 1.807) is 0 Å². The van der Waals surface area contributed by atoms with Crippen LogP contribution in [-0.4, -0.2) is 27.2 Å². The highest BCUT2D eigenvalue weighted by Crippen LogP contribution is 2.27. The molecule has 1 fully saturated rings. The molecule has 0 saturated carbocycles. The third kappa shape index (κ3) is 3.36. The minimum atomic E-state index is 0.817. The third-order valence-corrected chi connectivity index (χ3v) is 3.78. The minimum Gasteiger partial charge on any atom is -0.376 e. The van der Waals surface area contributed by atoms with Crippen molar-refractivity contribution in [1.29, 1.82) is 0 Å². The first-order valence-corrected chi connectivity index (χ1v) is 6.71. The van der Waals surface area contributed by atoms with Crippen molar-refractivity contribution in [2.24, 2.45) is 5.92 Å².